The maximum atomic E-state index is 13.5. The molecule has 0 heterocycles. The largest absolute Gasteiger partial charge is 0.497 e. The van der Waals surface area contributed by atoms with Crippen LogP contribution in [-0.2, 0) is 32.6 Å². The lowest BCUT2D eigenvalue weighted by Gasteiger charge is -2.32. The fourth-order valence-electron chi connectivity index (χ4n) is 3.49. The van der Waals surface area contributed by atoms with Gasteiger partial charge in [0.1, 0.15) is 18.3 Å². The van der Waals surface area contributed by atoms with Gasteiger partial charge in [-0.3, -0.25) is 13.9 Å². The number of sulfonamides is 1. The lowest BCUT2D eigenvalue weighted by Crippen LogP contribution is -2.52. The zero-order valence-electron chi connectivity index (χ0n) is 21.4. The Morgan fingerprint density at radius 1 is 0.971 bits per heavy atom. The molecular weight excluding hydrogens is 466 g/mol. The van der Waals surface area contributed by atoms with Gasteiger partial charge < -0.3 is 15.0 Å². The van der Waals surface area contributed by atoms with E-state index in [1.54, 1.807) is 38.3 Å². The number of anilines is 1. The lowest BCUT2D eigenvalue weighted by atomic mass is 10.1. The third-order valence-electron chi connectivity index (χ3n) is 5.99. The molecule has 192 valence electrons. The molecule has 0 aliphatic heterocycles. The number of carbonyl (C=O) groups is 2. The summed E-state index contributed by atoms with van der Waals surface area (Å²) in [6.07, 6.45) is 2.64. The van der Waals surface area contributed by atoms with Gasteiger partial charge >= 0.3 is 0 Å². The molecule has 0 radical (unpaired) electrons. The highest BCUT2D eigenvalue weighted by Crippen LogP contribution is 2.21. The van der Waals surface area contributed by atoms with E-state index in [0.717, 1.165) is 34.5 Å². The average molecular weight is 504 g/mol. The number of carbonyl (C=O) groups excluding carboxylic acids is 2. The molecule has 0 aliphatic rings. The number of ether oxygens (including phenoxy) is 1. The van der Waals surface area contributed by atoms with Gasteiger partial charge in [0.05, 0.1) is 19.1 Å². The molecule has 0 aliphatic carbocycles. The van der Waals surface area contributed by atoms with E-state index in [4.69, 9.17) is 4.74 Å². The van der Waals surface area contributed by atoms with Gasteiger partial charge in [-0.1, -0.05) is 38.1 Å². The van der Waals surface area contributed by atoms with Crippen molar-refractivity contribution in [1.29, 1.82) is 0 Å². The minimum absolute atomic E-state index is 0.0486. The summed E-state index contributed by atoms with van der Waals surface area (Å²) >= 11 is 0. The maximum absolute atomic E-state index is 13.5. The van der Waals surface area contributed by atoms with E-state index in [2.05, 4.69) is 5.32 Å². The van der Waals surface area contributed by atoms with Crippen LogP contribution >= 0.6 is 0 Å². The normalized spacial score (nSPS) is 13.0. The molecule has 9 heteroatoms. The molecule has 2 aromatic rings. The smallest absolute Gasteiger partial charge is 0.244 e. The SMILES string of the molecule is CCc1ccc(N(CC(=O)N(Cc2ccc(OC)cc2)[C@@H](C)C(=O)N[C@@H](C)CC)S(C)(=O)=O)cc1. The lowest BCUT2D eigenvalue weighted by molar-refractivity contribution is -0.139. The topological polar surface area (TPSA) is 96.0 Å². The second-order valence-corrected chi connectivity index (χ2v) is 10.6. The number of hydrogen-bond acceptors (Lipinski definition) is 5. The molecule has 0 aromatic heterocycles. The predicted molar refractivity (Wildman–Crippen MR) is 139 cm³/mol. The number of nitrogens with zero attached hydrogens (tertiary/aromatic N) is 2. The third-order valence-corrected chi connectivity index (χ3v) is 7.13. The first kappa shape index (κ1) is 28.2. The maximum Gasteiger partial charge on any atom is 0.244 e. The van der Waals surface area contributed by atoms with Crippen molar-refractivity contribution in [3.05, 3.63) is 59.7 Å². The van der Waals surface area contributed by atoms with E-state index in [-0.39, 0.29) is 18.5 Å². The Balaban J connectivity index is 2.37. The Labute approximate surface area is 209 Å². The van der Waals surface area contributed by atoms with Crippen LogP contribution in [-0.4, -0.2) is 57.1 Å². The minimum Gasteiger partial charge on any atom is -0.497 e. The van der Waals surface area contributed by atoms with Crippen LogP contribution in [0.2, 0.25) is 0 Å². The minimum atomic E-state index is -3.75. The van der Waals surface area contributed by atoms with E-state index in [1.807, 2.05) is 45.0 Å². The quantitative estimate of drug-likeness (QED) is 0.479. The fourth-order valence-corrected chi connectivity index (χ4v) is 4.34. The molecule has 0 fully saturated rings. The standard InChI is InChI=1S/C26H37N3O5S/c1-7-19(3)27-26(31)20(4)28(17-22-11-15-24(34-5)16-12-22)25(30)18-29(35(6,32)33)23-13-9-21(8-2)10-14-23/h9-16,19-20H,7-8,17-18H2,1-6H3,(H,27,31)/t19-,20-/m0/s1. The van der Waals surface area contributed by atoms with Crippen molar-refractivity contribution >= 4 is 27.5 Å². The van der Waals surface area contributed by atoms with Crippen LogP contribution in [0.1, 0.15) is 45.2 Å². The van der Waals surface area contributed by atoms with Crippen molar-refractivity contribution in [2.24, 2.45) is 0 Å². The Bertz CT molecular complexity index is 1080. The molecule has 2 rings (SSSR count). The van der Waals surface area contributed by atoms with E-state index in [1.165, 1.54) is 4.90 Å². The summed E-state index contributed by atoms with van der Waals surface area (Å²) < 4.78 is 31.5. The number of hydrogen-bond donors (Lipinski definition) is 1. The number of aryl methyl sites for hydroxylation is 1. The number of rotatable bonds is 12. The summed E-state index contributed by atoms with van der Waals surface area (Å²) in [7, 11) is -2.18. The third kappa shape index (κ3) is 7.99. The van der Waals surface area contributed by atoms with E-state index < -0.39 is 28.5 Å². The molecule has 2 atom stereocenters. The van der Waals surface area contributed by atoms with Crippen LogP contribution in [0.3, 0.4) is 0 Å². The number of nitrogens with one attached hydrogen (secondary N) is 1. The van der Waals surface area contributed by atoms with Crippen molar-refractivity contribution < 1.29 is 22.7 Å². The number of amides is 2. The molecule has 0 saturated heterocycles. The fraction of sp³-hybridized carbons (Fsp3) is 0.462. The van der Waals surface area contributed by atoms with Gasteiger partial charge in [-0.05, 0) is 62.1 Å². The molecule has 1 N–H and O–H groups in total. The van der Waals surface area contributed by atoms with E-state index in [0.29, 0.717) is 11.4 Å². The van der Waals surface area contributed by atoms with Gasteiger partial charge in [0.25, 0.3) is 0 Å². The van der Waals surface area contributed by atoms with Gasteiger partial charge in [0.15, 0.2) is 0 Å². The molecule has 0 saturated carbocycles. The van der Waals surface area contributed by atoms with Crippen molar-refractivity contribution in [1.82, 2.24) is 10.2 Å². The summed E-state index contributed by atoms with van der Waals surface area (Å²) in [5.41, 5.74) is 2.25. The second kappa shape index (κ2) is 12.6. The van der Waals surface area contributed by atoms with Crippen LogP contribution < -0.4 is 14.4 Å². The summed E-state index contributed by atoms with van der Waals surface area (Å²) in [6, 6.07) is 13.4. The second-order valence-electron chi connectivity index (χ2n) is 8.65. The summed E-state index contributed by atoms with van der Waals surface area (Å²) in [5, 5.41) is 2.91. The molecular formula is C26H37N3O5S. The van der Waals surface area contributed by atoms with Crippen LogP contribution in [0.4, 0.5) is 5.69 Å². The highest BCUT2D eigenvalue weighted by atomic mass is 32.2. The predicted octanol–water partition coefficient (Wildman–Crippen LogP) is 3.36. The van der Waals surface area contributed by atoms with Crippen LogP contribution in [0.5, 0.6) is 5.75 Å². The molecule has 2 amide bonds. The molecule has 2 aromatic carbocycles. The summed E-state index contributed by atoms with van der Waals surface area (Å²) in [5.74, 6) is -0.0926. The number of benzene rings is 2. The van der Waals surface area contributed by atoms with Crippen molar-refractivity contribution in [3.8, 4) is 5.75 Å². The highest BCUT2D eigenvalue weighted by molar-refractivity contribution is 7.92. The summed E-state index contributed by atoms with van der Waals surface area (Å²) in [6.45, 7) is 7.25. The van der Waals surface area contributed by atoms with E-state index in [9.17, 15) is 18.0 Å². The van der Waals surface area contributed by atoms with Crippen LogP contribution in [0.25, 0.3) is 0 Å². The Hall–Kier alpha value is -3.07. The van der Waals surface area contributed by atoms with Crippen molar-refractivity contribution in [2.75, 3.05) is 24.2 Å². The van der Waals surface area contributed by atoms with Crippen molar-refractivity contribution in [3.63, 3.8) is 0 Å². The molecule has 0 unspecified atom stereocenters. The van der Waals surface area contributed by atoms with E-state index >= 15 is 0 Å². The first-order valence-corrected chi connectivity index (χ1v) is 13.6. The van der Waals surface area contributed by atoms with Gasteiger partial charge in [0, 0.05) is 12.6 Å². The van der Waals surface area contributed by atoms with Crippen LogP contribution in [0, 0.1) is 0 Å². The average Bonchev–Trinajstić information content (AvgIpc) is 2.84. The van der Waals surface area contributed by atoms with Gasteiger partial charge in [-0.25, -0.2) is 8.42 Å². The molecule has 8 nitrogen and oxygen atoms in total. The Morgan fingerprint density at radius 3 is 2.03 bits per heavy atom. The van der Waals surface area contributed by atoms with Crippen molar-refractivity contribution in [2.45, 2.75) is 59.2 Å². The monoisotopic (exact) mass is 503 g/mol. The molecule has 0 bridgehead atoms. The Morgan fingerprint density at radius 2 is 1.54 bits per heavy atom. The van der Waals surface area contributed by atoms with Gasteiger partial charge in [-0.2, -0.15) is 0 Å². The summed E-state index contributed by atoms with van der Waals surface area (Å²) in [4.78, 5) is 27.9. The zero-order chi connectivity index (χ0) is 26.2. The zero-order valence-corrected chi connectivity index (χ0v) is 22.3. The molecule has 35 heavy (non-hydrogen) atoms. The molecule has 0 spiro atoms. The first-order valence-electron chi connectivity index (χ1n) is 11.8. The first-order chi connectivity index (χ1) is 16.5. The van der Waals surface area contributed by atoms with Gasteiger partial charge in [-0.15, -0.1) is 0 Å². The van der Waals surface area contributed by atoms with Crippen LogP contribution in [0.15, 0.2) is 48.5 Å². The number of methoxy groups -OCH3 is 1. The highest BCUT2D eigenvalue weighted by Gasteiger charge is 2.30. The van der Waals surface area contributed by atoms with Gasteiger partial charge in [0.2, 0.25) is 21.8 Å². The Kier molecular flexibility index (Phi) is 10.1.